The highest BCUT2D eigenvalue weighted by atomic mass is 16.5. The fourth-order valence-corrected chi connectivity index (χ4v) is 5.14. The number of carbonyl (C=O) groups is 1. The average Bonchev–Trinajstić information content (AvgIpc) is 3.14. The van der Waals surface area contributed by atoms with Crippen LogP contribution in [0.4, 0.5) is 0 Å². The molecular weight excluding hydrogens is 354 g/mol. The second-order valence-electron chi connectivity index (χ2n) is 8.98. The smallest absolute Gasteiger partial charge is 0.272 e. The average molecular weight is 390 g/mol. The molecule has 0 bridgehead atoms. The Balaban J connectivity index is 1.33. The summed E-state index contributed by atoms with van der Waals surface area (Å²) in [6, 6.07) is 3.07. The highest BCUT2D eigenvalue weighted by molar-refractivity contribution is 5.92. The highest BCUT2D eigenvalue weighted by Gasteiger charge is 2.43. The summed E-state index contributed by atoms with van der Waals surface area (Å²) >= 11 is 0. The molecule has 1 atom stereocenters. The molecule has 156 valence electrons. The zero-order valence-electron chi connectivity index (χ0n) is 17.6. The fourth-order valence-electron chi connectivity index (χ4n) is 5.14. The van der Waals surface area contributed by atoms with Crippen molar-refractivity contribution in [3.8, 4) is 0 Å². The van der Waals surface area contributed by atoms with Crippen molar-refractivity contribution in [2.24, 2.45) is 7.05 Å². The molecule has 3 fully saturated rings. The van der Waals surface area contributed by atoms with Gasteiger partial charge in [0.15, 0.2) is 0 Å². The lowest BCUT2D eigenvalue weighted by molar-refractivity contribution is -0.133. The number of carbonyl (C=O) groups excluding carboxylic acids is 1. The van der Waals surface area contributed by atoms with Gasteiger partial charge in [0.1, 0.15) is 5.69 Å². The van der Waals surface area contributed by atoms with E-state index >= 15 is 0 Å². The largest absolute Gasteiger partial charge is 0.375 e. The minimum atomic E-state index is -0.0403. The minimum Gasteiger partial charge on any atom is -0.375 e. The topological polar surface area (TPSA) is 53.8 Å². The van der Waals surface area contributed by atoms with Crippen LogP contribution in [-0.2, 0) is 11.8 Å². The molecule has 4 rings (SSSR count). The lowest BCUT2D eigenvalue weighted by atomic mass is 9.81. The second kappa shape index (κ2) is 8.13. The predicted octanol–water partition coefficient (Wildman–Crippen LogP) is 1.60. The Morgan fingerprint density at radius 2 is 1.89 bits per heavy atom. The first kappa shape index (κ1) is 19.9. The van der Waals surface area contributed by atoms with E-state index in [9.17, 15) is 4.79 Å². The van der Waals surface area contributed by atoms with E-state index in [4.69, 9.17) is 4.74 Å². The quantitative estimate of drug-likeness (QED) is 0.786. The summed E-state index contributed by atoms with van der Waals surface area (Å²) in [5, 5.41) is 4.13. The first-order chi connectivity index (χ1) is 13.5. The van der Waals surface area contributed by atoms with Gasteiger partial charge in [-0.25, -0.2) is 0 Å². The van der Waals surface area contributed by atoms with Gasteiger partial charge in [0.2, 0.25) is 0 Å². The lowest BCUT2D eigenvalue weighted by Crippen LogP contribution is -2.58. The number of rotatable bonds is 3. The van der Waals surface area contributed by atoms with Crippen molar-refractivity contribution in [3.63, 3.8) is 0 Å². The van der Waals surface area contributed by atoms with Crippen molar-refractivity contribution in [2.45, 2.75) is 57.2 Å². The SMILES string of the molecule is CC(C)N1CCN([C@H]2CCOC3(CCN(C(=O)c4ccnn4C)CC3)C2)CC1. The van der Waals surface area contributed by atoms with E-state index in [1.807, 2.05) is 11.9 Å². The molecule has 3 aliphatic heterocycles. The number of hydrogen-bond donors (Lipinski definition) is 0. The lowest BCUT2D eigenvalue weighted by Gasteiger charge is -2.50. The molecule has 0 saturated carbocycles. The molecule has 3 saturated heterocycles. The van der Waals surface area contributed by atoms with Crippen LogP contribution in [0, 0.1) is 0 Å². The van der Waals surface area contributed by atoms with Crippen LogP contribution >= 0.6 is 0 Å². The zero-order chi connectivity index (χ0) is 19.7. The Labute approximate surface area is 168 Å². The molecule has 1 amide bonds. The Morgan fingerprint density at radius 3 is 2.50 bits per heavy atom. The Kier molecular flexibility index (Phi) is 5.76. The van der Waals surface area contributed by atoms with Crippen LogP contribution in [0.3, 0.4) is 0 Å². The molecule has 0 aromatic carbocycles. The van der Waals surface area contributed by atoms with E-state index in [-0.39, 0.29) is 11.5 Å². The third kappa shape index (κ3) is 3.98. The van der Waals surface area contributed by atoms with Gasteiger partial charge >= 0.3 is 0 Å². The van der Waals surface area contributed by atoms with E-state index < -0.39 is 0 Å². The van der Waals surface area contributed by atoms with E-state index in [1.54, 1.807) is 16.9 Å². The van der Waals surface area contributed by atoms with Crippen LogP contribution in [0.5, 0.6) is 0 Å². The second-order valence-corrected chi connectivity index (χ2v) is 8.98. The molecule has 3 aliphatic rings. The molecule has 7 heteroatoms. The van der Waals surface area contributed by atoms with Gasteiger partial charge in [-0.15, -0.1) is 0 Å². The Hall–Kier alpha value is -1.44. The van der Waals surface area contributed by atoms with E-state index in [0.29, 0.717) is 17.8 Å². The standard InChI is InChI=1S/C21H35N5O2/c1-17(2)24-11-13-25(14-12-24)18-5-15-28-21(16-18)6-9-26(10-7-21)20(27)19-4-8-22-23(19)3/h4,8,17-18H,5-7,9-16H2,1-3H3/t18-/m0/s1. The molecule has 1 spiro atoms. The van der Waals surface area contributed by atoms with Gasteiger partial charge in [-0.1, -0.05) is 0 Å². The van der Waals surface area contributed by atoms with Crippen molar-refractivity contribution in [1.82, 2.24) is 24.5 Å². The number of likely N-dealkylation sites (tertiary alicyclic amines) is 1. The zero-order valence-corrected chi connectivity index (χ0v) is 17.6. The summed E-state index contributed by atoms with van der Waals surface area (Å²) in [7, 11) is 1.83. The maximum Gasteiger partial charge on any atom is 0.272 e. The van der Waals surface area contributed by atoms with Gasteiger partial charge in [0, 0.05) is 71.2 Å². The van der Waals surface area contributed by atoms with Gasteiger partial charge in [-0.05, 0) is 45.6 Å². The molecule has 0 radical (unpaired) electrons. The van der Waals surface area contributed by atoms with Gasteiger partial charge in [0.05, 0.1) is 5.60 Å². The number of piperazine rings is 1. The van der Waals surface area contributed by atoms with Crippen molar-refractivity contribution in [3.05, 3.63) is 18.0 Å². The molecule has 7 nitrogen and oxygen atoms in total. The van der Waals surface area contributed by atoms with E-state index in [1.165, 1.54) is 26.2 Å². The normalized spacial score (nSPS) is 26.9. The predicted molar refractivity (Wildman–Crippen MR) is 108 cm³/mol. The van der Waals surface area contributed by atoms with Crippen LogP contribution in [0.2, 0.25) is 0 Å². The number of nitrogens with zero attached hydrogens (tertiary/aromatic N) is 5. The summed E-state index contributed by atoms with van der Waals surface area (Å²) in [5.41, 5.74) is 0.628. The van der Waals surface area contributed by atoms with Crippen molar-refractivity contribution < 1.29 is 9.53 Å². The Bertz CT molecular complexity index is 672. The summed E-state index contributed by atoms with van der Waals surface area (Å²) in [4.78, 5) is 20.0. The van der Waals surface area contributed by atoms with Gasteiger partial charge in [0.25, 0.3) is 5.91 Å². The van der Waals surface area contributed by atoms with Gasteiger partial charge in [-0.3, -0.25) is 19.3 Å². The third-order valence-corrected chi connectivity index (χ3v) is 7.06. The molecule has 0 unspecified atom stereocenters. The monoisotopic (exact) mass is 389 g/mol. The first-order valence-corrected chi connectivity index (χ1v) is 10.9. The van der Waals surface area contributed by atoms with Crippen LogP contribution in [0.1, 0.15) is 50.0 Å². The molecule has 4 heterocycles. The number of aryl methyl sites for hydroxylation is 1. The van der Waals surface area contributed by atoms with Crippen LogP contribution < -0.4 is 0 Å². The van der Waals surface area contributed by atoms with Crippen LogP contribution in [0.25, 0.3) is 0 Å². The highest BCUT2D eigenvalue weighted by Crippen LogP contribution is 2.37. The van der Waals surface area contributed by atoms with Crippen LogP contribution in [-0.4, -0.2) is 93.9 Å². The number of hydrogen-bond acceptors (Lipinski definition) is 5. The summed E-state index contributed by atoms with van der Waals surface area (Å²) in [5.74, 6) is 0.0898. The minimum absolute atomic E-state index is 0.0403. The molecule has 0 N–H and O–H groups in total. The first-order valence-electron chi connectivity index (χ1n) is 10.9. The van der Waals surface area contributed by atoms with Crippen molar-refractivity contribution in [1.29, 1.82) is 0 Å². The molecule has 0 aliphatic carbocycles. The van der Waals surface area contributed by atoms with Crippen molar-refractivity contribution in [2.75, 3.05) is 45.9 Å². The number of piperidine rings is 1. The molecule has 1 aromatic rings. The molecule has 28 heavy (non-hydrogen) atoms. The van der Waals surface area contributed by atoms with E-state index in [2.05, 4.69) is 28.7 Å². The van der Waals surface area contributed by atoms with Crippen LogP contribution in [0.15, 0.2) is 12.3 Å². The maximum atomic E-state index is 12.8. The molecule has 1 aromatic heterocycles. The number of amides is 1. The molecular formula is C21H35N5O2. The number of aromatic nitrogens is 2. The number of ether oxygens (including phenoxy) is 1. The fraction of sp³-hybridized carbons (Fsp3) is 0.810. The Morgan fingerprint density at radius 1 is 1.18 bits per heavy atom. The van der Waals surface area contributed by atoms with E-state index in [0.717, 1.165) is 45.4 Å². The third-order valence-electron chi connectivity index (χ3n) is 7.06. The summed E-state index contributed by atoms with van der Waals surface area (Å²) in [6.45, 7) is 11.7. The van der Waals surface area contributed by atoms with Gasteiger partial charge in [-0.2, -0.15) is 5.10 Å². The summed E-state index contributed by atoms with van der Waals surface area (Å²) < 4.78 is 8.00. The van der Waals surface area contributed by atoms with Gasteiger partial charge < -0.3 is 9.64 Å². The maximum absolute atomic E-state index is 12.8. The summed E-state index contributed by atoms with van der Waals surface area (Å²) in [6.07, 6.45) is 5.83. The van der Waals surface area contributed by atoms with Crippen molar-refractivity contribution >= 4 is 5.91 Å².